The SMILES string of the molecule is Cc1ccnc(Sc2cccc(F)c2C(C)O)n1. The van der Waals surface area contributed by atoms with Crippen LogP contribution in [0.15, 0.2) is 40.5 Å². The molecule has 2 rings (SSSR count). The number of hydrogen-bond acceptors (Lipinski definition) is 4. The van der Waals surface area contributed by atoms with Crippen LogP contribution in [-0.2, 0) is 0 Å². The summed E-state index contributed by atoms with van der Waals surface area (Å²) in [6.07, 6.45) is 0.796. The molecule has 0 aliphatic heterocycles. The molecular formula is C13H13FN2OS. The van der Waals surface area contributed by atoms with Gasteiger partial charge >= 0.3 is 0 Å². The predicted molar refractivity (Wildman–Crippen MR) is 67.9 cm³/mol. The normalized spacial score (nSPS) is 12.4. The lowest BCUT2D eigenvalue weighted by Crippen LogP contribution is -1.99. The third-order valence-electron chi connectivity index (χ3n) is 2.40. The summed E-state index contributed by atoms with van der Waals surface area (Å²) in [5.41, 5.74) is 1.13. The van der Waals surface area contributed by atoms with Gasteiger partial charge in [-0.25, -0.2) is 14.4 Å². The van der Waals surface area contributed by atoms with Crippen LogP contribution in [0.25, 0.3) is 0 Å². The molecule has 1 aromatic heterocycles. The quantitative estimate of drug-likeness (QED) is 0.865. The second kappa shape index (κ2) is 5.46. The van der Waals surface area contributed by atoms with E-state index in [9.17, 15) is 9.50 Å². The van der Waals surface area contributed by atoms with Crippen molar-refractivity contribution in [3.8, 4) is 0 Å². The van der Waals surface area contributed by atoms with Crippen molar-refractivity contribution in [2.45, 2.75) is 30.0 Å². The van der Waals surface area contributed by atoms with Crippen LogP contribution in [0.2, 0.25) is 0 Å². The van der Waals surface area contributed by atoms with Gasteiger partial charge in [-0.2, -0.15) is 0 Å². The second-order valence-electron chi connectivity index (χ2n) is 3.91. The Morgan fingerprint density at radius 3 is 2.78 bits per heavy atom. The number of nitrogens with zero attached hydrogens (tertiary/aromatic N) is 2. The first-order chi connectivity index (χ1) is 8.58. The Morgan fingerprint density at radius 1 is 1.33 bits per heavy atom. The molecule has 0 saturated carbocycles. The Hall–Kier alpha value is -1.46. The molecule has 5 heteroatoms. The molecule has 0 aliphatic carbocycles. The summed E-state index contributed by atoms with van der Waals surface area (Å²) in [6.45, 7) is 3.41. The molecular weight excluding hydrogens is 251 g/mol. The highest BCUT2D eigenvalue weighted by Gasteiger charge is 2.15. The number of rotatable bonds is 3. The zero-order valence-corrected chi connectivity index (χ0v) is 10.9. The van der Waals surface area contributed by atoms with Gasteiger partial charge in [0.05, 0.1) is 6.10 Å². The summed E-state index contributed by atoms with van der Waals surface area (Å²) < 4.78 is 13.7. The second-order valence-corrected chi connectivity index (χ2v) is 4.92. The maximum absolute atomic E-state index is 13.7. The van der Waals surface area contributed by atoms with Crippen LogP contribution in [0.3, 0.4) is 0 Å². The van der Waals surface area contributed by atoms with E-state index in [2.05, 4.69) is 9.97 Å². The maximum Gasteiger partial charge on any atom is 0.192 e. The molecule has 0 fully saturated rings. The molecule has 1 aromatic carbocycles. The topological polar surface area (TPSA) is 46.0 Å². The Kier molecular flexibility index (Phi) is 3.93. The van der Waals surface area contributed by atoms with Crippen molar-refractivity contribution in [2.24, 2.45) is 0 Å². The van der Waals surface area contributed by atoms with E-state index in [-0.39, 0.29) is 5.56 Å². The van der Waals surface area contributed by atoms with Gasteiger partial charge in [-0.3, -0.25) is 0 Å². The first-order valence-electron chi connectivity index (χ1n) is 5.52. The number of aliphatic hydroxyl groups is 1. The molecule has 18 heavy (non-hydrogen) atoms. The van der Waals surface area contributed by atoms with Crippen LogP contribution < -0.4 is 0 Å². The minimum atomic E-state index is -0.862. The number of hydrogen-bond donors (Lipinski definition) is 1. The third kappa shape index (κ3) is 2.86. The summed E-state index contributed by atoms with van der Waals surface area (Å²) in [6, 6.07) is 6.50. The molecule has 1 N–H and O–H groups in total. The molecule has 0 bridgehead atoms. The molecule has 94 valence electrons. The number of benzene rings is 1. The van der Waals surface area contributed by atoms with Crippen molar-refractivity contribution >= 4 is 11.8 Å². The van der Waals surface area contributed by atoms with Crippen molar-refractivity contribution < 1.29 is 9.50 Å². The van der Waals surface area contributed by atoms with Crippen LogP contribution in [0, 0.1) is 12.7 Å². The number of halogens is 1. The lowest BCUT2D eigenvalue weighted by molar-refractivity contribution is 0.191. The van der Waals surface area contributed by atoms with E-state index >= 15 is 0 Å². The standard InChI is InChI=1S/C13H13FN2OS/c1-8-6-7-15-13(16-8)18-11-5-3-4-10(14)12(11)9(2)17/h3-7,9,17H,1-2H3. The van der Waals surface area contributed by atoms with Gasteiger partial charge in [-0.05, 0) is 43.8 Å². The lowest BCUT2D eigenvalue weighted by Gasteiger charge is -2.11. The van der Waals surface area contributed by atoms with Gasteiger partial charge in [0.1, 0.15) is 5.82 Å². The molecule has 2 aromatic rings. The number of aliphatic hydroxyl groups excluding tert-OH is 1. The average Bonchev–Trinajstić information content (AvgIpc) is 2.28. The van der Waals surface area contributed by atoms with Gasteiger partial charge in [0.25, 0.3) is 0 Å². The number of aryl methyl sites for hydroxylation is 1. The highest BCUT2D eigenvalue weighted by Crippen LogP contribution is 2.32. The molecule has 0 spiro atoms. The van der Waals surface area contributed by atoms with Gasteiger partial charge in [-0.15, -0.1) is 0 Å². The Bertz CT molecular complexity index is 560. The third-order valence-corrected chi connectivity index (χ3v) is 3.36. The van der Waals surface area contributed by atoms with Crippen molar-refractivity contribution in [3.63, 3.8) is 0 Å². The Morgan fingerprint density at radius 2 is 2.11 bits per heavy atom. The van der Waals surface area contributed by atoms with Crippen molar-refractivity contribution in [1.82, 2.24) is 9.97 Å². The number of aromatic nitrogens is 2. The molecule has 0 amide bonds. The van der Waals surface area contributed by atoms with Gasteiger partial charge < -0.3 is 5.11 Å². The van der Waals surface area contributed by atoms with Crippen LogP contribution in [0.1, 0.15) is 24.3 Å². The Balaban J connectivity index is 2.37. The van der Waals surface area contributed by atoms with Crippen LogP contribution in [0.5, 0.6) is 0 Å². The zero-order valence-electron chi connectivity index (χ0n) is 10.1. The van der Waals surface area contributed by atoms with E-state index in [1.165, 1.54) is 17.8 Å². The molecule has 0 radical (unpaired) electrons. The summed E-state index contributed by atoms with van der Waals surface area (Å²) in [5, 5.41) is 10.2. The monoisotopic (exact) mass is 264 g/mol. The minimum absolute atomic E-state index is 0.285. The first-order valence-corrected chi connectivity index (χ1v) is 6.33. The van der Waals surface area contributed by atoms with Gasteiger partial charge in [0.15, 0.2) is 5.16 Å². The van der Waals surface area contributed by atoms with E-state index in [1.807, 2.05) is 6.92 Å². The van der Waals surface area contributed by atoms with E-state index in [0.29, 0.717) is 10.1 Å². The zero-order chi connectivity index (χ0) is 13.1. The van der Waals surface area contributed by atoms with Crippen molar-refractivity contribution in [2.75, 3.05) is 0 Å². The average molecular weight is 264 g/mol. The van der Waals surface area contributed by atoms with E-state index in [4.69, 9.17) is 0 Å². The van der Waals surface area contributed by atoms with Crippen molar-refractivity contribution in [1.29, 1.82) is 0 Å². The smallest absolute Gasteiger partial charge is 0.192 e. The predicted octanol–water partition coefficient (Wildman–Crippen LogP) is 3.13. The van der Waals surface area contributed by atoms with Crippen LogP contribution in [0.4, 0.5) is 4.39 Å². The fourth-order valence-electron chi connectivity index (χ4n) is 1.59. The van der Waals surface area contributed by atoms with E-state index < -0.39 is 11.9 Å². The van der Waals surface area contributed by atoms with Gasteiger partial charge in [0, 0.05) is 22.3 Å². The molecule has 0 saturated heterocycles. The summed E-state index contributed by atoms with van der Waals surface area (Å²) in [5.74, 6) is -0.414. The summed E-state index contributed by atoms with van der Waals surface area (Å²) in [4.78, 5) is 8.99. The highest BCUT2D eigenvalue weighted by atomic mass is 32.2. The van der Waals surface area contributed by atoms with E-state index in [1.54, 1.807) is 31.3 Å². The largest absolute Gasteiger partial charge is 0.389 e. The Labute approximate surface area is 109 Å². The molecule has 3 nitrogen and oxygen atoms in total. The van der Waals surface area contributed by atoms with Gasteiger partial charge in [0.2, 0.25) is 0 Å². The molecule has 0 aliphatic rings. The lowest BCUT2D eigenvalue weighted by atomic mass is 10.1. The van der Waals surface area contributed by atoms with Crippen molar-refractivity contribution in [3.05, 3.63) is 47.5 Å². The fourth-order valence-corrected chi connectivity index (χ4v) is 2.61. The van der Waals surface area contributed by atoms with E-state index in [0.717, 1.165) is 5.69 Å². The molecule has 1 unspecified atom stereocenters. The first kappa shape index (κ1) is 13.0. The molecule has 1 heterocycles. The molecule has 1 atom stereocenters. The minimum Gasteiger partial charge on any atom is -0.389 e. The van der Waals surface area contributed by atoms with Crippen LogP contribution in [-0.4, -0.2) is 15.1 Å². The summed E-state index contributed by atoms with van der Waals surface area (Å²) in [7, 11) is 0. The summed E-state index contributed by atoms with van der Waals surface area (Å²) >= 11 is 1.25. The highest BCUT2D eigenvalue weighted by molar-refractivity contribution is 7.99. The van der Waals surface area contributed by atoms with Crippen LogP contribution >= 0.6 is 11.8 Å². The maximum atomic E-state index is 13.7. The van der Waals surface area contributed by atoms with Gasteiger partial charge in [-0.1, -0.05) is 6.07 Å². The fraction of sp³-hybridized carbons (Fsp3) is 0.231.